The Morgan fingerprint density at radius 1 is 1.76 bits per heavy atom. The zero-order chi connectivity index (χ0) is 13.0. The van der Waals surface area contributed by atoms with E-state index in [1.54, 1.807) is 11.9 Å². The molecule has 1 aromatic heterocycles. The first-order valence-corrected chi connectivity index (χ1v) is 6.89. The molecule has 1 aromatic rings. The maximum atomic E-state index is 12.1. The smallest absolute Gasteiger partial charge is 0.254 e. The van der Waals surface area contributed by atoms with Crippen molar-refractivity contribution >= 4 is 45.7 Å². The Hall–Kier alpha value is -0.830. The van der Waals surface area contributed by atoms with Gasteiger partial charge in [-0.1, -0.05) is 5.16 Å². The zero-order valence-corrected chi connectivity index (χ0v) is 12.5. The van der Waals surface area contributed by atoms with Crippen molar-refractivity contribution < 1.29 is 10.0 Å². The summed E-state index contributed by atoms with van der Waals surface area (Å²) in [7, 11) is 1.71. The van der Waals surface area contributed by atoms with E-state index in [2.05, 4.69) is 27.7 Å². The lowest BCUT2D eigenvalue weighted by molar-refractivity contribution is 0.0747. The summed E-state index contributed by atoms with van der Waals surface area (Å²) >= 11 is 3.71. The molecule has 0 spiro atoms. The van der Waals surface area contributed by atoms with Gasteiger partial charge >= 0.3 is 0 Å². The van der Waals surface area contributed by atoms with E-state index < -0.39 is 0 Å². The number of nitrogens with zero attached hydrogens (tertiary/aromatic N) is 2. The zero-order valence-electron chi connectivity index (χ0n) is 9.55. The van der Waals surface area contributed by atoms with Gasteiger partial charge in [0.2, 0.25) is 0 Å². The fraction of sp³-hybridized carbons (Fsp3) is 0.400. The van der Waals surface area contributed by atoms with Crippen molar-refractivity contribution in [2.45, 2.75) is 19.4 Å². The number of halogens is 1. The monoisotopic (exact) mass is 367 g/mol. The molecule has 0 radical (unpaired) electrons. The van der Waals surface area contributed by atoms with Gasteiger partial charge in [0.15, 0.2) is 0 Å². The Labute approximate surface area is 117 Å². The van der Waals surface area contributed by atoms with E-state index in [0.29, 0.717) is 12.0 Å². The molecular weight excluding hydrogens is 353 g/mol. The van der Waals surface area contributed by atoms with E-state index in [4.69, 9.17) is 10.9 Å². The van der Waals surface area contributed by atoms with Gasteiger partial charge in [0.1, 0.15) is 5.84 Å². The normalized spacial score (nSPS) is 13.5. The summed E-state index contributed by atoms with van der Waals surface area (Å²) in [4.78, 5) is 13.6. The van der Waals surface area contributed by atoms with E-state index in [9.17, 15) is 4.79 Å². The van der Waals surface area contributed by atoms with Gasteiger partial charge in [-0.2, -0.15) is 0 Å². The molecule has 1 rings (SSSR count). The van der Waals surface area contributed by atoms with E-state index in [-0.39, 0.29) is 17.8 Å². The van der Waals surface area contributed by atoms with Crippen LogP contribution in [-0.4, -0.2) is 34.9 Å². The van der Waals surface area contributed by atoms with Crippen molar-refractivity contribution in [2.24, 2.45) is 10.9 Å². The fourth-order valence-electron chi connectivity index (χ4n) is 1.31. The van der Waals surface area contributed by atoms with E-state index in [0.717, 1.165) is 2.88 Å². The van der Waals surface area contributed by atoms with E-state index >= 15 is 0 Å². The third-order valence-electron chi connectivity index (χ3n) is 2.43. The summed E-state index contributed by atoms with van der Waals surface area (Å²) in [6.07, 6.45) is 0.347. The number of oxime groups is 1. The van der Waals surface area contributed by atoms with Gasteiger partial charge in [0.25, 0.3) is 5.91 Å². The maximum absolute atomic E-state index is 12.1. The second kappa shape index (κ2) is 6.20. The van der Waals surface area contributed by atoms with Crippen LogP contribution in [-0.2, 0) is 0 Å². The van der Waals surface area contributed by atoms with E-state index in [1.807, 2.05) is 18.4 Å². The number of hydrogen-bond donors (Lipinski definition) is 2. The molecule has 7 heteroatoms. The molecule has 1 heterocycles. The minimum atomic E-state index is -0.115. The molecule has 0 saturated heterocycles. The SMILES string of the molecule is CC(CC(N)=NO)N(C)C(=O)c1csc(I)c1. The van der Waals surface area contributed by atoms with Crippen molar-refractivity contribution in [3.8, 4) is 0 Å². The Kier molecular flexibility index (Phi) is 5.19. The molecule has 0 saturated carbocycles. The fourth-order valence-corrected chi connectivity index (χ4v) is 2.63. The second-order valence-electron chi connectivity index (χ2n) is 3.70. The highest BCUT2D eigenvalue weighted by Crippen LogP contribution is 2.18. The third kappa shape index (κ3) is 3.84. The molecule has 3 N–H and O–H groups in total. The van der Waals surface area contributed by atoms with Gasteiger partial charge in [-0.05, 0) is 35.6 Å². The predicted octanol–water partition coefficient (Wildman–Crippen LogP) is 1.95. The molecular formula is C10H14IN3O2S. The number of rotatable bonds is 4. The average Bonchev–Trinajstić information content (AvgIpc) is 2.73. The molecule has 94 valence electrons. The van der Waals surface area contributed by atoms with Crippen molar-refractivity contribution in [3.63, 3.8) is 0 Å². The van der Waals surface area contributed by atoms with E-state index in [1.165, 1.54) is 11.3 Å². The molecule has 0 aliphatic rings. The maximum Gasteiger partial charge on any atom is 0.254 e. The summed E-state index contributed by atoms with van der Waals surface area (Å²) in [5.41, 5.74) is 6.09. The lowest BCUT2D eigenvalue weighted by atomic mass is 10.2. The molecule has 1 amide bonds. The topological polar surface area (TPSA) is 78.9 Å². The first kappa shape index (κ1) is 14.2. The Morgan fingerprint density at radius 3 is 2.88 bits per heavy atom. The van der Waals surface area contributed by atoms with Crippen LogP contribution >= 0.6 is 33.9 Å². The molecule has 1 atom stereocenters. The molecule has 0 aliphatic carbocycles. The molecule has 17 heavy (non-hydrogen) atoms. The highest BCUT2D eigenvalue weighted by atomic mass is 127. The van der Waals surface area contributed by atoms with Crippen LogP contribution in [0.25, 0.3) is 0 Å². The van der Waals surface area contributed by atoms with Crippen molar-refractivity contribution in [3.05, 3.63) is 19.9 Å². The standard InChI is InChI=1S/C10H14IN3O2S/c1-6(3-9(12)13-16)14(2)10(15)7-4-8(11)17-5-7/h4-6,16H,3H2,1-2H3,(H2,12,13). The van der Waals surface area contributed by atoms with Crippen LogP contribution in [0.15, 0.2) is 16.6 Å². The highest BCUT2D eigenvalue weighted by molar-refractivity contribution is 14.1. The Bertz CT molecular complexity index is 433. The summed E-state index contributed by atoms with van der Waals surface area (Å²) in [5.74, 6) is 0.0689. The Morgan fingerprint density at radius 2 is 2.41 bits per heavy atom. The van der Waals surface area contributed by atoms with Gasteiger partial charge in [-0.25, -0.2) is 0 Å². The molecule has 0 aromatic carbocycles. The number of carbonyl (C=O) groups excluding carboxylic acids is 1. The molecule has 5 nitrogen and oxygen atoms in total. The number of nitrogens with two attached hydrogens (primary N) is 1. The average molecular weight is 367 g/mol. The summed E-state index contributed by atoms with van der Waals surface area (Å²) < 4.78 is 1.07. The van der Waals surface area contributed by atoms with Crippen LogP contribution in [0.5, 0.6) is 0 Å². The third-order valence-corrected chi connectivity index (χ3v) is 4.22. The first-order chi connectivity index (χ1) is 7.95. The lowest BCUT2D eigenvalue weighted by Crippen LogP contribution is -2.37. The van der Waals surface area contributed by atoms with Gasteiger partial charge < -0.3 is 15.8 Å². The van der Waals surface area contributed by atoms with Crippen LogP contribution < -0.4 is 5.73 Å². The van der Waals surface area contributed by atoms with Crippen LogP contribution in [0.3, 0.4) is 0 Å². The van der Waals surface area contributed by atoms with Gasteiger partial charge in [0.05, 0.1) is 8.45 Å². The first-order valence-electron chi connectivity index (χ1n) is 4.93. The van der Waals surface area contributed by atoms with Crippen molar-refractivity contribution in [1.29, 1.82) is 0 Å². The minimum absolute atomic E-state index is 0.0533. The van der Waals surface area contributed by atoms with Crippen molar-refractivity contribution in [2.75, 3.05) is 7.05 Å². The van der Waals surface area contributed by atoms with Crippen LogP contribution in [0.4, 0.5) is 0 Å². The summed E-state index contributed by atoms with van der Waals surface area (Å²) in [5, 5.41) is 13.2. The van der Waals surface area contributed by atoms with Gasteiger partial charge in [-0.3, -0.25) is 4.79 Å². The van der Waals surface area contributed by atoms with Crippen molar-refractivity contribution in [1.82, 2.24) is 4.90 Å². The number of amides is 1. The highest BCUT2D eigenvalue weighted by Gasteiger charge is 2.19. The van der Waals surface area contributed by atoms with Gasteiger partial charge in [-0.15, -0.1) is 11.3 Å². The molecule has 0 aliphatic heterocycles. The van der Waals surface area contributed by atoms with Crippen LogP contribution in [0.2, 0.25) is 0 Å². The van der Waals surface area contributed by atoms with Crippen LogP contribution in [0, 0.1) is 2.88 Å². The lowest BCUT2D eigenvalue weighted by Gasteiger charge is -2.24. The summed E-state index contributed by atoms with van der Waals surface area (Å²) in [6, 6.07) is 1.73. The quantitative estimate of drug-likeness (QED) is 0.281. The summed E-state index contributed by atoms with van der Waals surface area (Å²) in [6.45, 7) is 1.85. The number of thiophene rings is 1. The number of carbonyl (C=O) groups is 1. The number of hydrogen-bond acceptors (Lipinski definition) is 4. The van der Waals surface area contributed by atoms with Crippen LogP contribution in [0.1, 0.15) is 23.7 Å². The number of amidine groups is 1. The largest absolute Gasteiger partial charge is 0.409 e. The minimum Gasteiger partial charge on any atom is -0.409 e. The molecule has 0 fully saturated rings. The molecule has 1 unspecified atom stereocenters. The van der Waals surface area contributed by atoms with Gasteiger partial charge in [0, 0.05) is 24.9 Å². The predicted molar refractivity (Wildman–Crippen MR) is 76.6 cm³/mol. The second-order valence-corrected chi connectivity index (χ2v) is 6.51. The molecule has 0 bridgehead atoms. The Balaban J connectivity index is 2.69.